The maximum absolute atomic E-state index is 11.3. The van der Waals surface area contributed by atoms with E-state index in [-0.39, 0.29) is 6.61 Å². The summed E-state index contributed by atoms with van der Waals surface area (Å²) in [5, 5.41) is 3.56. The number of ether oxygens (including phenoxy) is 3. The van der Waals surface area contributed by atoms with E-state index in [0.29, 0.717) is 6.61 Å². The zero-order valence-corrected chi connectivity index (χ0v) is 11.0. The fourth-order valence-corrected chi connectivity index (χ4v) is 1.97. The number of azide groups is 1. The lowest BCUT2D eigenvalue weighted by Crippen LogP contribution is -2.58. The standard InChI is InChI=1S/C13H15N3O4/c1-18-13(17)12-11(15-16-14)10(20-12)8-19-7-9-5-3-2-4-6-9/h2-6,10-12H,7-8H2,1H3/t10-,11-,12-/m0/s1. The first-order chi connectivity index (χ1) is 9.76. The highest BCUT2D eigenvalue weighted by molar-refractivity contribution is 5.76. The lowest BCUT2D eigenvalue weighted by Gasteiger charge is -2.39. The Morgan fingerprint density at radius 3 is 2.85 bits per heavy atom. The lowest BCUT2D eigenvalue weighted by atomic mass is 9.99. The zero-order valence-electron chi connectivity index (χ0n) is 11.0. The molecule has 0 amide bonds. The fraction of sp³-hybridized carbons (Fsp3) is 0.462. The smallest absolute Gasteiger partial charge is 0.335 e. The number of hydrogen-bond donors (Lipinski definition) is 0. The molecule has 0 spiro atoms. The largest absolute Gasteiger partial charge is 0.467 e. The molecule has 20 heavy (non-hydrogen) atoms. The SMILES string of the molecule is COC(=O)[C@H]1O[C@@H](COCc2ccccc2)[C@@H]1N=[N+]=[N-]. The van der Waals surface area contributed by atoms with Crippen LogP contribution < -0.4 is 0 Å². The molecule has 0 saturated carbocycles. The summed E-state index contributed by atoms with van der Waals surface area (Å²) in [7, 11) is 1.26. The molecule has 0 aromatic heterocycles. The third-order valence-corrected chi connectivity index (χ3v) is 3.02. The van der Waals surface area contributed by atoms with Crippen LogP contribution in [0.15, 0.2) is 35.4 Å². The summed E-state index contributed by atoms with van der Waals surface area (Å²) in [5.41, 5.74) is 9.54. The van der Waals surface area contributed by atoms with Crippen molar-refractivity contribution in [3.05, 3.63) is 46.3 Å². The summed E-state index contributed by atoms with van der Waals surface area (Å²) in [4.78, 5) is 14.1. The first-order valence-electron chi connectivity index (χ1n) is 6.15. The summed E-state index contributed by atoms with van der Waals surface area (Å²) in [5.74, 6) is -0.540. The molecule has 2 rings (SSSR count). The van der Waals surface area contributed by atoms with Crippen molar-refractivity contribution >= 4 is 5.97 Å². The maximum Gasteiger partial charge on any atom is 0.335 e. The molecule has 7 nitrogen and oxygen atoms in total. The van der Waals surface area contributed by atoms with Crippen LogP contribution in [0.5, 0.6) is 0 Å². The number of esters is 1. The number of methoxy groups -OCH3 is 1. The van der Waals surface area contributed by atoms with Crippen LogP contribution in [0.4, 0.5) is 0 Å². The Hall–Kier alpha value is -2.08. The van der Waals surface area contributed by atoms with E-state index in [2.05, 4.69) is 14.8 Å². The van der Waals surface area contributed by atoms with Gasteiger partial charge in [-0.25, -0.2) is 4.79 Å². The molecule has 1 aromatic rings. The summed E-state index contributed by atoms with van der Waals surface area (Å²) < 4.78 is 15.4. The average Bonchev–Trinajstić information content (AvgIpc) is 2.48. The Morgan fingerprint density at radius 1 is 1.45 bits per heavy atom. The van der Waals surface area contributed by atoms with Gasteiger partial charge in [0.2, 0.25) is 0 Å². The van der Waals surface area contributed by atoms with E-state index in [0.717, 1.165) is 5.56 Å². The van der Waals surface area contributed by atoms with Crippen molar-refractivity contribution in [1.82, 2.24) is 0 Å². The topological polar surface area (TPSA) is 93.5 Å². The number of carbonyl (C=O) groups excluding carboxylic acids is 1. The lowest BCUT2D eigenvalue weighted by molar-refractivity contribution is -0.199. The first kappa shape index (κ1) is 14.3. The molecule has 1 fully saturated rings. The van der Waals surface area contributed by atoms with Crippen LogP contribution in [0.1, 0.15) is 5.56 Å². The number of carbonyl (C=O) groups is 1. The average molecular weight is 277 g/mol. The summed E-state index contributed by atoms with van der Waals surface area (Å²) in [6.45, 7) is 0.693. The summed E-state index contributed by atoms with van der Waals surface area (Å²) in [6, 6.07) is 9.09. The van der Waals surface area contributed by atoms with E-state index >= 15 is 0 Å². The minimum Gasteiger partial charge on any atom is -0.467 e. The van der Waals surface area contributed by atoms with Crippen LogP contribution in [0.2, 0.25) is 0 Å². The van der Waals surface area contributed by atoms with Crippen LogP contribution in [-0.2, 0) is 25.6 Å². The van der Waals surface area contributed by atoms with Gasteiger partial charge in [-0.1, -0.05) is 35.4 Å². The summed E-state index contributed by atoms with van der Waals surface area (Å²) in [6.07, 6.45) is -1.25. The highest BCUT2D eigenvalue weighted by Crippen LogP contribution is 2.26. The van der Waals surface area contributed by atoms with E-state index in [4.69, 9.17) is 15.0 Å². The Morgan fingerprint density at radius 2 is 2.20 bits per heavy atom. The highest BCUT2D eigenvalue weighted by atomic mass is 16.6. The quantitative estimate of drug-likeness (QED) is 0.343. The Kier molecular flexibility index (Phi) is 4.95. The highest BCUT2D eigenvalue weighted by Gasteiger charge is 2.47. The molecule has 0 bridgehead atoms. The molecular formula is C13H15N3O4. The predicted molar refractivity (Wildman–Crippen MR) is 69.7 cm³/mol. The molecule has 0 aliphatic carbocycles. The number of rotatable bonds is 6. The van der Waals surface area contributed by atoms with Gasteiger partial charge in [-0.2, -0.15) is 0 Å². The molecule has 3 atom stereocenters. The van der Waals surface area contributed by atoms with Crippen molar-refractivity contribution in [3.8, 4) is 0 Å². The van der Waals surface area contributed by atoms with Crippen LogP contribution >= 0.6 is 0 Å². The molecule has 1 aliphatic rings. The predicted octanol–water partition coefficient (Wildman–Crippen LogP) is 1.82. The van der Waals surface area contributed by atoms with Crippen molar-refractivity contribution < 1.29 is 19.0 Å². The van der Waals surface area contributed by atoms with E-state index in [1.54, 1.807) is 0 Å². The molecule has 7 heteroatoms. The van der Waals surface area contributed by atoms with E-state index in [1.165, 1.54) is 7.11 Å². The third kappa shape index (κ3) is 3.27. The van der Waals surface area contributed by atoms with Crippen molar-refractivity contribution in [2.75, 3.05) is 13.7 Å². The monoisotopic (exact) mass is 277 g/mol. The van der Waals surface area contributed by atoms with E-state index in [1.807, 2.05) is 30.3 Å². The van der Waals surface area contributed by atoms with Crippen LogP contribution in [0.3, 0.4) is 0 Å². The molecule has 1 saturated heterocycles. The van der Waals surface area contributed by atoms with Gasteiger partial charge in [0, 0.05) is 4.91 Å². The van der Waals surface area contributed by atoms with Gasteiger partial charge in [0.25, 0.3) is 0 Å². The van der Waals surface area contributed by atoms with Gasteiger partial charge >= 0.3 is 5.97 Å². The van der Waals surface area contributed by atoms with Gasteiger partial charge in [0.1, 0.15) is 6.04 Å². The molecule has 0 radical (unpaired) electrons. The van der Waals surface area contributed by atoms with Gasteiger partial charge in [-0.15, -0.1) is 0 Å². The molecule has 106 valence electrons. The van der Waals surface area contributed by atoms with Gasteiger partial charge in [0.05, 0.1) is 26.4 Å². The van der Waals surface area contributed by atoms with Gasteiger partial charge in [-0.3, -0.25) is 0 Å². The second-order valence-electron chi connectivity index (χ2n) is 4.31. The second kappa shape index (κ2) is 6.91. The van der Waals surface area contributed by atoms with Crippen LogP contribution in [0, 0.1) is 0 Å². The van der Waals surface area contributed by atoms with Crippen LogP contribution in [0.25, 0.3) is 10.4 Å². The van der Waals surface area contributed by atoms with Gasteiger partial charge in [-0.05, 0) is 11.1 Å². The maximum atomic E-state index is 11.3. The second-order valence-corrected chi connectivity index (χ2v) is 4.31. The number of nitrogens with zero attached hydrogens (tertiary/aromatic N) is 3. The van der Waals surface area contributed by atoms with Crippen molar-refractivity contribution in [2.45, 2.75) is 24.9 Å². The third-order valence-electron chi connectivity index (χ3n) is 3.02. The molecule has 1 aromatic carbocycles. The molecular weight excluding hydrogens is 262 g/mol. The number of hydrogen-bond acceptors (Lipinski definition) is 5. The van der Waals surface area contributed by atoms with Crippen molar-refractivity contribution in [1.29, 1.82) is 0 Å². The Labute approximate surface area is 116 Å². The molecule has 1 heterocycles. The van der Waals surface area contributed by atoms with Gasteiger partial charge < -0.3 is 14.2 Å². The molecule has 1 aliphatic heterocycles. The fourth-order valence-electron chi connectivity index (χ4n) is 1.97. The van der Waals surface area contributed by atoms with Gasteiger partial charge in [0.15, 0.2) is 6.10 Å². The van der Waals surface area contributed by atoms with Crippen molar-refractivity contribution in [2.24, 2.45) is 5.11 Å². The molecule has 0 N–H and O–H groups in total. The van der Waals surface area contributed by atoms with Crippen LogP contribution in [-0.4, -0.2) is 37.9 Å². The normalized spacial score (nSPS) is 24.4. The van der Waals surface area contributed by atoms with E-state index < -0.39 is 24.2 Å². The summed E-state index contributed by atoms with van der Waals surface area (Å²) >= 11 is 0. The van der Waals surface area contributed by atoms with E-state index in [9.17, 15) is 4.79 Å². The Bertz CT molecular complexity index is 502. The number of benzene rings is 1. The molecule has 0 unspecified atom stereocenters. The Balaban J connectivity index is 1.81. The minimum atomic E-state index is -0.832. The van der Waals surface area contributed by atoms with Crippen molar-refractivity contribution in [3.63, 3.8) is 0 Å². The zero-order chi connectivity index (χ0) is 14.4. The first-order valence-corrected chi connectivity index (χ1v) is 6.15. The minimum absolute atomic E-state index is 0.256.